The van der Waals surface area contributed by atoms with Crippen LogP contribution in [0.25, 0.3) is 0 Å². The zero-order chi connectivity index (χ0) is 18.4. The van der Waals surface area contributed by atoms with E-state index in [2.05, 4.69) is 38.9 Å². The highest BCUT2D eigenvalue weighted by Gasteiger charge is 2.61. The van der Waals surface area contributed by atoms with E-state index < -0.39 is 5.97 Å². The van der Waals surface area contributed by atoms with E-state index in [4.69, 9.17) is 5.11 Å². The number of hydrogen-bond donors (Lipinski definition) is 1. The summed E-state index contributed by atoms with van der Waals surface area (Å²) < 4.78 is 1.73. The monoisotopic (exact) mass is 345 g/mol. The van der Waals surface area contributed by atoms with Crippen LogP contribution in [0.2, 0.25) is 0 Å². The van der Waals surface area contributed by atoms with E-state index in [0.717, 1.165) is 12.8 Å². The summed E-state index contributed by atoms with van der Waals surface area (Å²) in [5.41, 5.74) is 1.52. The molecule has 0 spiro atoms. The van der Waals surface area contributed by atoms with E-state index in [9.17, 15) is 9.59 Å². The van der Waals surface area contributed by atoms with E-state index >= 15 is 0 Å². The summed E-state index contributed by atoms with van der Waals surface area (Å²) in [6, 6.07) is 0.165. The number of piperidine rings is 1. The van der Waals surface area contributed by atoms with Crippen LogP contribution >= 0.6 is 0 Å². The van der Waals surface area contributed by atoms with Crippen LogP contribution < -0.4 is 0 Å². The fraction of sp³-hybridized carbons (Fsp3) is 0.632. The Morgan fingerprint density at radius 3 is 2.44 bits per heavy atom. The summed E-state index contributed by atoms with van der Waals surface area (Å²) in [4.78, 5) is 25.9. The molecule has 2 aliphatic rings. The number of allylic oxidation sites excluding steroid dienone is 2. The Bertz CT molecular complexity index is 707. The Kier molecular flexibility index (Phi) is 4.47. The summed E-state index contributed by atoms with van der Waals surface area (Å²) in [6.07, 6.45) is 6.82. The molecule has 2 unspecified atom stereocenters. The number of carbonyl (C=O) groups excluding carboxylic acids is 1. The van der Waals surface area contributed by atoms with E-state index in [-0.39, 0.29) is 28.8 Å². The molecule has 25 heavy (non-hydrogen) atoms. The molecule has 1 saturated heterocycles. The molecule has 0 aromatic carbocycles. The lowest BCUT2D eigenvalue weighted by molar-refractivity contribution is -0.134. The van der Waals surface area contributed by atoms with Crippen molar-refractivity contribution in [2.24, 2.45) is 17.3 Å². The van der Waals surface area contributed by atoms with Gasteiger partial charge in [-0.2, -0.15) is 5.10 Å². The van der Waals surface area contributed by atoms with Gasteiger partial charge in [0.05, 0.1) is 23.7 Å². The second-order valence-corrected chi connectivity index (χ2v) is 8.14. The molecule has 1 N–H and O–H groups in total. The first-order valence-corrected chi connectivity index (χ1v) is 8.93. The van der Waals surface area contributed by atoms with Crippen LogP contribution in [0.15, 0.2) is 24.0 Å². The molecule has 1 saturated carbocycles. The van der Waals surface area contributed by atoms with Crippen LogP contribution in [0.5, 0.6) is 0 Å². The molecule has 6 heteroatoms. The zero-order valence-electron chi connectivity index (χ0n) is 15.4. The van der Waals surface area contributed by atoms with Gasteiger partial charge < -0.3 is 10.0 Å². The van der Waals surface area contributed by atoms with Gasteiger partial charge in [-0.1, -0.05) is 25.5 Å². The molecule has 1 amide bonds. The molecular weight excluding hydrogens is 318 g/mol. The van der Waals surface area contributed by atoms with Crippen molar-refractivity contribution in [1.82, 2.24) is 14.7 Å². The number of hydrogen-bond acceptors (Lipinski definition) is 3. The minimum absolute atomic E-state index is 0.0452. The van der Waals surface area contributed by atoms with E-state index in [1.165, 1.54) is 11.8 Å². The van der Waals surface area contributed by atoms with Gasteiger partial charge in [0.15, 0.2) is 0 Å². The molecule has 3 rings (SSSR count). The maximum atomic E-state index is 12.9. The van der Waals surface area contributed by atoms with Crippen LogP contribution in [0, 0.1) is 17.3 Å². The van der Waals surface area contributed by atoms with E-state index in [0.29, 0.717) is 19.0 Å². The number of nitrogens with zero attached hydrogens (tertiary/aromatic N) is 3. The SMILES string of the molecule is CC(C)=CC1C(C(=O)N2CCC(n3cc(C(=O)O)cn3)CC2)C1(C)C. The van der Waals surface area contributed by atoms with Gasteiger partial charge in [-0.25, -0.2) is 4.79 Å². The number of carboxylic acid groups (broad SMARTS) is 1. The van der Waals surface area contributed by atoms with E-state index in [1.807, 2.05) is 4.90 Å². The van der Waals surface area contributed by atoms with Gasteiger partial charge in [-0.3, -0.25) is 9.48 Å². The van der Waals surface area contributed by atoms with Gasteiger partial charge in [0.2, 0.25) is 5.91 Å². The largest absolute Gasteiger partial charge is 0.478 e. The van der Waals surface area contributed by atoms with Gasteiger partial charge in [0, 0.05) is 19.3 Å². The molecule has 2 atom stereocenters. The third kappa shape index (κ3) is 3.34. The highest BCUT2D eigenvalue weighted by Crippen LogP contribution is 2.60. The van der Waals surface area contributed by atoms with Crippen molar-refractivity contribution in [3.63, 3.8) is 0 Å². The normalized spacial score (nSPS) is 25.5. The molecule has 1 aromatic rings. The maximum Gasteiger partial charge on any atom is 0.338 e. The fourth-order valence-electron chi connectivity index (χ4n) is 4.02. The molecule has 1 aromatic heterocycles. The topological polar surface area (TPSA) is 75.4 Å². The Hall–Kier alpha value is -2.11. The molecule has 6 nitrogen and oxygen atoms in total. The van der Waals surface area contributed by atoms with Crippen LogP contribution in [0.3, 0.4) is 0 Å². The Morgan fingerprint density at radius 1 is 1.28 bits per heavy atom. The van der Waals surface area contributed by atoms with Crippen molar-refractivity contribution < 1.29 is 14.7 Å². The lowest BCUT2D eigenvalue weighted by Gasteiger charge is -2.32. The van der Waals surface area contributed by atoms with Crippen molar-refractivity contribution in [3.05, 3.63) is 29.6 Å². The van der Waals surface area contributed by atoms with E-state index in [1.54, 1.807) is 10.9 Å². The van der Waals surface area contributed by atoms with Crippen LogP contribution in [0.4, 0.5) is 0 Å². The number of carboxylic acids is 1. The fourth-order valence-corrected chi connectivity index (χ4v) is 4.02. The van der Waals surface area contributed by atoms with Gasteiger partial charge in [-0.05, 0) is 38.0 Å². The number of aromatic nitrogens is 2. The van der Waals surface area contributed by atoms with Crippen molar-refractivity contribution in [3.8, 4) is 0 Å². The number of likely N-dealkylation sites (tertiary alicyclic amines) is 1. The first-order chi connectivity index (χ1) is 11.7. The third-order valence-corrected chi connectivity index (χ3v) is 5.69. The third-order valence-electron chi connectivity index (χ3n) is 5.69. The van der Waals surface area contributed by atoms with Crippen molar-refractivity contribution >= 4 is 11.9 Å². The predicted molar refractivity (Wildman–Crippen MR) is 94.2 cm³/mol. The lowest BCUT2D eigenvalue weighted by Crippen LogP contribution is -2.40. The number of carbonyl (C=O) groups is 2. The molecule has 1 aliphatic carbocycles. The van der Waals surface area contributed by atoms with Crippen LogP contribution in [-0.2, 0) is 4.79 Å². The highest BCUT2D eigenvalue weighted by atomic mass is 16.4. The van der Waals surface area contributed by atoms with Gasteiger partial charge in [0.25, 0.3) is 0 Å². The number of rotatable bonds is 4. The molecule has 0 bridgehead atoms. The summed E-state index contributed by atoms with van der Waals surface area (Å²) >= 11 is 0. The second kappa shape index (κ2) is 6.32. The molecule has 0 radical (unpaired) electrons. The highest BCUT2D eigenvalue weighted by molar-refractivity contribution is 5.86. The van der Waals surface area contributed by atoms with Crippen molar-refractivity contribution in [2.45, 2.75) is 46.6 Å². The quantitative estimate of drug-likeness (QED) is 0.851. The number of amides is 1. The first kappa shape index (κ1) is 17.7. The standard InChI is InChI=1S/C19H27N3O3/c1-12(2)9-15-16(19(15,3)4)17(23)21-7-5-14(6-8-21)22-11-13(10-20-22)18(24)25/h9-11,14-16H,5-8H2,1-4H3,(H,24,25). The zero-order valence-corrected chi connectivity index (χ0v) is 15.4. The molecular formula is C19H27N3O3. The maximum absolute atomic E-state index is 12.9. The molecule has 136 valence electrons. The average Bonchev–Trinajstić information content (AvgIpc) is 2.92. The molecule has 1 aliphatic heterocycles. The molecule has 2 fully saturated rings. The first-order valence-electron chi connectivity index (χ1n) is 8.93. The van der Waals surface area contributed by atoms with Gasteiger partial charge >= 0.3 is 5.97 Å². The van der Waals surface area contributed by atoms with Crippen LogP contribution in [0.1, 0.15) is 56.9 Å². The van der Waals surface area contributed by atoms with Crippen LogP contribution in [-0.4, -0.2) is 44.8 Å². The second-order valence-electron chi connectivity index (χ2n) is 8.14. The number of aromatic carboxylic acids is 1. The Morgan fingerprint density at radius 2 is 1.92 bits per heavy atom. The van der Waals surface area contributed by atoms with Crippen molar-refractivity contribution in [1.29, 1.82) is 0 Å². The minimum Gasteiger partial charge on any atom is -0.478 e. The lowest BCUT2D eigenvalue weighted by atomic mass is 10.0. The Balaban J connectivity index is 1.60. The predicted octanol–water partition coefficient (Wildman–Crippen LogP) is 2.98. The van der Waals surface area contributed by atoms with Gasteiger partial charge in [0.1, 0.15) is 0 Å². The summed E-state index contributed by atoms with van der Waals surface area (Å²) in [5, 5.41) is 13.2. The van der Waals surface area contributed by atoms with Crippen molar-refractivity contribution in [2.75, 3.05) is 13.1 Å². The minimum atomic E-state index is -0.958. The summed E-state index contributed by atoms with van der Waals surface area (Å²) in [7, 11) is 0. The summed E-state index contributed by atoms with van der Waals surface area (Å²) in [6.45, 7) is 9.92. The molecule has 2 heterocycles. The average molecular weight is 345 g/mol. The summed E-state index contributed by atoms with van der Waals surface area (Å²) in [5.74, 6) is -0.271. The smallest absolute Gasteiger partial charge is 0.338 e. The Labute approximate surface area is 148 Å². The van der Waals surface area contributed by atoms with Gasteiger partial charge in [-0.15, -0.1) is 0 Å².